The van der Waals surface area contributed by atoms with Crippen LogP contribution in [0.15, 0.2) is 23.6 Å². The van der Waals surface area contributed by atoms with Gasteiger partial charge in [0.2, 0.25) is 0 Å². The first kappa shape index (κ1) is 19.7. The quantitative estimate of drug-likeness (QED) is 0.732. The molecule has 2 rings (SSSR count). The van der Waals surface area contributed by atoms with Crippen molar-refractivity contribution in [1.82, 2.24) is 10.3 Å². The molecule has 0 aliphatic heterocycles. The lowest BCUT2D eigenvalue weighted by atomic mass is 10.0. The van der Waals surface area contributed by atoms with Crippen molar-refractivity contribution in [2.45, 2.75) is 32.2 Å². The third-order valence-electron chi connectivity index (χ3n) is 3.74. The van der Waals surface area contributed by atoms with Crippen LogP contribution in [0, 0.1) is 0 Å². The molecule has 1 unspecified atom stereocenters. The Morgan fingerprint density at radius 2 is 1.92 bits per heavy atom. The van der Waals surface area contributed by atoms with Gasteiger partial charge in [-0.2, -0.15) is 0 Å². The molecule has 1 heterocycles. The van der Waals surface area contributed by atoms with Crippen LogP contribution in [0.3, 0.4) is 0 Å². The van der Waals surface area contributed by atoms with Crippen LogP contribution in [0.1, 0.15) is 53.3 Å². The Balaban J connectivity index is 2.26. The number of benzene rings is 1. The minimum absolute atomic E-state index is 0.224. The number of methoxy groups -OCH3 is 2. The van der Waals surface area contributed by atoms with Gasteiger partial charge in [0, 0.05) is 11.3 Å². The third kappa shape index (κ3) is 4.72. The maximum Gasteiger partial charge on any atom is 0.305 e. The Hall–Kier alpha value is -2.61. The smallest absolute Gasteiger partial charge is 0.305 e. The van der Waals surface area contributed by atoms with Crippen molar-refractivity contribution < 1.29 is 24.2 Å². The number of hydrogen-bond acceptors (Lipinski definition) is 6. The van der Waals surface area contributed by atoms with Crippen LogP contribution in [-0.2, 0) is 4.79 Å². The molecule has 1 atom stereocenters. The van der Waals surface area contributed by atoms with Gasteiger partial charge >= 0.3 is 5.97 Å². The lowest BCUT2D eigenvalue weighted by Crippen LogP contribution is -2.30. The minimum atomic E-state index is -1.02. The molecule has 2 N–H and O–H groups in total. The van der Waals surface area contributed by atoms with Crippen molar-refractivity contribution in [3.63, 3.8) is 0 Å². The highest BCUT2D eigenvalue weighted by Crippen LogP contribution is 2.31. The average Bonchev–Trinajstić information content (AvgIpc) is 3.10. The van der Waals surface area contributed by atoms with Crippen LogP contribution in [0.2, 0.25) is 0 Å². The number of carbonyl (C=O) groups is 2. The van der Waals surface area contributed by atoms with E-state index < -0.39 is 17.9 Å². The second-order valence-corrected chi connectivity index (χ2v) is 6.85. The first-order valence-electron chi connectivity index (χ1n) is 8.05. The molecule has 0 aliphatic rings. The van der Waals surface area contributed by atoms with Gasteiger partial charge in [-0.1, -0.05) is 19.9 Å². The summed E-state index contributed by atoms with van der Waals surface area (Å²) in [6.07, 6.45) is -0.262. The summed E-state index contributed by atoms with van der Waals surface area (Å²) in [5.41, 5.74) is 0.896. The molecule has 1 amide bonds. The number of thiazole rings is 1. The molecule has 0 radical (unpaired) electrons. The molecule has 140 valence electrons. The molecule has 0 bridgehead atoms. The second-order valence-electron chi connectivity index (χ2n) is 5.96. The van der Waals surface area contributed by atoms with Gasteiger partial charge in [-0.25, -0.2) is 4.98 Å². The van der Waals surface area contributed by atoms with E-state index in [0.717, 1.165) is 5.01 Å². The summed E-state index contributed by atoms with van der Waals surface area (Å²) in [4.78, 5) is 28.1. The number of hydrogen-bond donors (Lipinski definition) is 2. The number of nitrogens with zero attached hydrogens (tertiary/aromatic N) is 1. The zero-order valence-electron chi connectivity index (χ0n) is 15.1. The van der Waals surface area contributed by atoms with Crippen molar-refractivity contribution in [1.29, 1.82) is 0 Å². The van der Waals surface area contributed by atoms with Crippen LogP contribution < -0.4 is 14.8 Å². The predicted molar refractivity (Wildman–Crippen MR) is 98.2 cm³/mol. The van der Waals surface area contributed by atoms with E-state index in [1.54, 1.807) is 23.6 Å². The summed E-state index contributed by atoms with van der Waals surface area (Å²) >= 11 is 1.41. The fourth-order valence-corrected chi connectivity index (χ4v) is 3.20. The van der Waals surface area contributed by atoms with Gasteiger partial charge in [0.25, 0.3) is 5.91 Å². The van der Waals surface area contributed by atoms with Crippen LogP contribution in [0.25, 0.3) is 0 Å². The molecule has 8 heteroatoms. The highest BCUT2D eigenvalue weighted by molar-refractivity contribution is 7.09. The summed E-state index contributed by atoms with van der Waals surface area (Å²) in [5.74, 6) is -0.217. The number of aromatic nitrogens is 1. The minimum Gasteiger partial charge on any atom is -0.493 e. The standard InChI is InChI=1S/C18H22N2O5S/c1-10(2)18-20-13(9-26-18)17(23)19-12(8-16(21)22)11-5-6-14(24-3)15(7-11)25-4/h5-7,9-10,12H,8H2,1-4H3,(H,19,23)(H,21,22). The van der Waals surface area contributed by atoms with Crippen LogP contribution in [0.5, 0.6) is 11.5 Å². The SMILES string of the molecule is COc1ccc(C(CC(=O)O)NC(=O)c2csc(C(C)C)n2)cc1OC. The van der Waals surface area contributed by atoms with E-state index >= 15 is 0 Å². The predicted octanol–water partition coefficient (Wildman–Crippen LogP) is 3.23. The molecule has 0 spiro atoms. The lowest BCUT2D eigenvalue weighted by Gasteiger charge is -2.18. The second kappa shape index (κ2) is 8.66. The zero-order valence-corrected chi connectivity index (χ0v) is 15.9. The zero-order chi connectivity index (χ0) is 19.3. The lowest BCUT2D eigenvalue weighted by molar-refractivity contribution is -0.137. The number of rotatable bonds is 8. The fourth-order valence-electron chi connectivity index (χ4n) is 2.39. The third-order valence-corrected chi connectivity index (χ3v) is 4.89. The summed E-state index contributed by atoms with van der Waals surface area (Å²) in [6.45, 7) is 3.99. The Kier molecular flexibility index (Phi) is 6.57. The van der Waals surface area contributed by atoms with Crippen molar-refractivity contribution in [2.24, 2.45) is 0 Å². The van der Waals surface area contributed by atoms with Crippen molar-refractivity contribution in [3.8, 4) is 11.5 Å². The number of amides is 1. The first-order chi connectivity index (χ1) is 12.3. The van der Waals surface area contributed by atoms with Gasteiger partial charge < -0.3 is 19.9 Å². The van der Waals surface area contributed by atoms with Crippen LogP contribution >= 0.6 is 11.3 Å². The molecule has 0 saturated carbocycles. The van der Waals surface area contributed by atoms with Gasteiger partial charge in [-0.05, 0) is 17.7 Å². The van der Waals surface area contributed by atoms with E-state index in [0.29, 0.717) is 17.1 Å². The Morgan fingerprint density at radius 3 is 2.46 bits per heavy atom. The molecule has 0 fully saturated rings. The monoisotopic (exact) mass is 378 g/mol. The Labute approximate surface area is 156 Å². The highest BCUT2D eigenvalue weighted by Gasteiger charge is 2.22. The molecule has 26 heavy (non-hydrogen) atoms. The number of ether oxygens (including phenoxy) is 2. The molecule has 1 aromatic heterocycles. The van der Waals surface area contributed by atoms with E-state index in [1.165, 1.54) is 25.6 Å². The molecule has 2 aromatic rings. The summed E-state index contributed by atoms with van der Waals surface area (Å²) < 4.78 is 10.4. The van der Waals surface area contributed by atoms with E-state index in [2.05, 4.69) is 10.3 Å². The summed E-state index contributed by atoms with van der Waals surface area (Å²) in [5, 5.41) is 14.5. The van der Waals surface area contributed by atoms with E-state index in [1.807, 2.05) is 13.8 Å². The van der Waals surface area contributed by atoms with Gasteiger partial charge in [0.05, 0.1) is 31.7 Å². The fraction of sp³-hybridized carbons (Fsp3) is 0.389. The van der Waals surface area contributed by atoms with E-state index in [4.69, 9.17) is 9.47 Å². The highest BCUT2D eigenvalue weighted by atomic mass is 32.1. The number of nitrogens with one attached hydrogen (secondary N) is 1. The first-order valence-corrected chi connectivity index (χ1v) is 8.93. The number of aliphatic carboxylic acids is 1. The molecule has 0 aliphatic carbocycles. The largest absolute Gasteiger partial charge is 0.493 e. The summed E-state index contributed by atoms with van der Waals surface area (Å²) in [7, 11) is 3.01. The maximum atomic E-state index is 12.5. The number of carbonyl (C=O) groups excluding carboxylic acids is 1. The normalized spacial score (nSPS) is 11.9. The van der Waals surface area contributed by atoms with Crippen molar-refractivity contribution in [2.75, 3.05) is 14.2 Å². The molecular formula is C18H22N2O5S. The van der Waals surface area contributed by atoms with Crippen molar-refractivity contribution >= 4 is 23.2 Å². The molecule has 7 nitrogen and oxygen atoms in total. The van der Waals surface area contributed by atoms with Crippen molar-refractivity contribution in [3.05, 3.63) is 39.8 Å². The topological polar surface area (TPSA) is 97.8 Å². The molecule has 0 saturated heterocycles. The van der Waals surface area contributed by atoms with E-state index in [-0.39, 0.29) is 18.0 Å². The Bertz CT molecular complexity index is 788. The van der Waals surface area contributed by atoms with Gasteiger partial charge in [0.15, 0.2) is 11.5 Å². The van der Waals surface area contributed by atoms with Crippen LogP contribution in [-0.4, -0.2) is 36.2 Å². The number of carboxylic acid groups (broad SMARTS) is 1. The van der Waals surface area contributed by atoms with Gasteiger partial charge in [0.1, 0.15) is 5.69 Å². The Morgan fingerprint density at radius 1 is 1.23 bits per heavy atom. The van der Waals surface area contributed by atoms with Gasteiger partial charge in [-0.3, -0.25) is 9.59 Å². The van der Waals surface area contributed by atoms with Gasteiger partial charge in [-0.15, -0.1) is 11.3 Å². The molecule has 1 aromatic carbocycles. The number of carboxylic acids is 1. The molecular weight excluding hydrogens is 356 g/mol. The maximum absolute atomic E-state index is 12.5. The average molecular weight is 378 g/mol. The van der Waals surface area contributed by atoms with E-state index in [9.17, 15) is 14.7 Å². The summed E-state index contributed by atoms with van der Waals surface area (Å²) in [6, 6.07) is 4.32. The van der Waals surface area contributed by atoms with Crippen LogP contribution in [0.4, 0.5) is 0 Å².